The highest BCUT2D eigenvalue weighted by atomic mass is 16.1. The molecule has 2 N–H and O–H groups in total. The van der Waals surface area contributed by atoms with Crippen LogP contribution in [-0.4, -0.2) is 20.4 Å². The molecular formula is C22H14N4O2. The van der Waals surface area contributed by atoms with Crippen LogP contribution >= 0.6 is 0 Å². The molecule has 3 aromatic carbocycles. The van der Waals surface area contributed by atoms with E-state index in [1.165, 1.54) is 0 Å². The molecule has 0 saturated heterocycles. The Hall–Kier alpha value is -4.06. The topological polar surface area (TPSA) is 91.5 Å². The number of rotatable bonds is 2. The van der Waals surface area contributed by atoms with Crippen molar-refractivity contribution in [3.63, 3.8) is 0 Å². The van der Waals surface area contributed by atoms with Crippen molar-refractivity contribution < 1.29 is 0 Å². The first-order valence-corrected chi connectivity index (χ1v) is 8.78. The molecular weight excluding hydrogens is 352 g/mol. The van der Waals surface area contributed by atoms with E-state index in [-0.39, 0.29) is 11.1 Å². The fourth-order valence-electron chi connectivity index (χ4n) is 3.45. The van der Waals surface area contributed by atoms with Crippen LogP contribution in [0, 0.1) is 0 Å². The lowest BCUT2D eigenvalue weighted by Gasteiger charge is -2.09. The second-order valence-electron chi connectivity index (χ2n) is 6.48. The Bertz CT molecular complexity index is 1330. The summed E-state index contributed by atoms with van der Waals surface area (Å²) >= 11 is 0. The van der Waals surface area contributed by atoms with Gasteiger partial charge in [0.15, 0.2) is 0 Å². The summed E-state index contributed by atoms with van der Waals surface area (Å²) in [5, 5.41) is 15.8. The molecule has 0 atom stereocenters. The highest BCUT2D eigenvalue weighted by Gasteiger charge is 2.15. The molecule has 0 fully saturated rings. The van der Waals surface area contributed by atoms with E-state index < -0.39 is 0 Å². The highest BCUT2D eigenvalue weighted by molar-refractivity contribution is 6.06. The van der Waals surface area contributed by atoms with E-state index in [9.17, 15) is 9.59 Å². The summed E-state index contributed by atoms with van der Waals surface area (Å²) in [6, 6.07) is 22.5. The number of nitrogens with zero attached hydrogens (tertiary/aromatic N) is 2. The van der Waals surface area contributed by atoms with E-state index in [2.05, 4.69) is 20.4 Å². The normalized spacial score (nSPS) is 11.1. The van der Waals surface area contributed by atoms with Crippen LogP contribution in [-0.2, 0) is 0 Å². The molecule has 0 saturated carbocycles. The van der Waals surface area contributed by atoms with Gasteiger partial charge < -0.3 is 0 Å². The highest BCUT2D eigenvalue weighted by Crippen LogP contribution is 2.30. The van der Waals surface area contributed by atoms with Crippen molar-refractivity contribution in [1.29, 1.82) is 0 Å². The number of H-pyrrole nitrogens is 2. The van der Waals surface area contributed by atoms with E-state index in [0.29, 0.717) is 32.9 Å². The molecule has 2 heterocycles. The molecule has 5 rings (SSSR count). The van der Waals surface area contributed by atoms with Crippen LogP contribution in [0.25, 0.3) is 44.1 Å². The van der Waals surface area contributed by atoms with Gasteiger partial charge >= 0.3 is 0 Å². The first-order valence-electron chi connectivity index (χ1n) is 8.78. The SMILES string of the molecule is O=c1[nH]nc(-c2ccccc2)c2cc3c(=O)[nH]nc(-c4ccccc4)c3cc12. The van der Waals surface area contributed by atoms with Gasteiger partial charge in [-0.3, -0.25) is 9.59 Å². The third-order valence-electron chi connectivity index (χ3n) is 4.79. The van der Waals surface area contributed by atoms with Gasteiger partial charge in [-0.2, -0.15) is 10.2 Å². The Morgan fingerprint density at radius 1 is 0.536 bits per heavy atom. The molecule has 0 aliphatic rings. The Balaban J connectivity index is 1.92. The van der Waals surface area contributed by atoms with Crippen LogP contribution < -0.4 is 11.1 Å². The lowest BCUT2D eigenvalue weighted by molar-refractivity contribution is 1.01. The van der Waals surface area contributed by atoms with Gasteiger partial charge in [0.2, 0.25) is 0 Å². The monoisotopic (exact) mass is 366 g/mol. The third kappa shape index (κ3) is 2.51. The van der Waals surface area contributed by atoms with Crippen LogP contribution in [0.4, 0.5) is 0 Å². The first kappa shape index (κ1) is 16.1. The number of nitrogens with one attached hydrogen (secondary N) is 2. The molecule has 0 aliphatic heterocycles. The van der Waals surface area contributed by atoms with E-state index in [4.69, 9.17) is 0 Å². The minimum absolute atomic E-state index is 0.309. The maximum Gasteiger partial charge on any atom is 0.272 e. The maximum absolute atomic E-state index is 12.5. The molecule has 0 spiro atoms. The summed E-state index contributed by atoms with van der Waals surface area (Å²) in [6.45, 7) is 0. The van der Waals surface area contributed by atoms with Gasteiger partial charge in [-0.05, 0) is 12.1 Å². The van der Waals surface area contributed by atoms with Crippen molar-refractivity contribution >= 4 is 21.5 Å². The number of hydrogen-bond acceptors (Lipinski definition) is 4. The quantitative estimate of drug-likeness (QED) is 0.468. The van der Waals surface area contributed by atoms with Gasteiger partial charge in [-0.1, -0.05) is 60.7 Å². The van der Waals surface area contributed by atoms with Gasteiger partial charge in [0, 0.05) is 21.9 Å². The van der Waals surface area contributed by atoms with Crippen LogP contribution in [0.1, 0.15) is 0 Å². The number of fused-ring (bicyclic) bond motifs is 2. The number of benzene rings is 3. The average molecular weight is 366 g/mol. The summed E-state index contributed by atoms with van der Waals surface area (Å²) in [5.74, 6) is 0. The minimum Gasteiger partial charge on any atom is -0.267 e. The number of aromatic nitrogens is 4. The molecule has 0 amide bonds. The molecule has 0 bridgehead atoms. The Morgan fingerprint density at radius 3 is 1.32 bits per heavy atom. The summed E-state index contributed by atoms with van der Waals surface area (Å²) in [6.07, 6.45) is 0. The summed E-state index contributed by atoms with van der Waals surface area (Å²) in [4.78, 5) is 25.0. The number of hydrogen-bond donors (Lipinski definition) is 2. The standard InChI is InChI=1S/C22H14N4O2/c27-21-17-12-16-18(22(28)26-24-20(16)14-9-5-2-6-10-14)11-15(17)19(23-25-21)13-7-3-1-4-8-13/h1-12H,(H,25,27)(H,26,28). The van der Waals surface area contributed by atoms with Crippen molar-refractivity contribution in [2.45, 2.75) is 0 Å². The molecule has 2 aromatic heterocycles. The second kappa shape index (κ2) is 6.28. The van der Waals surface area contributed by atoms with Crippen molar-refractivity contribution in [3.05, 3.63) is 93.5 Å². The molecule has 0 unspecified atom stereocenters. The third-order valence-corrected chi connectivity index (χ3v) is 4.79. The molecule has 134 valence electrons. The van der Waals surface area contributed by atoms with Gasteiger partial charge in [0.1, 0.15) is 0 Å². The van der Waals surface area contributed by atoms with Crippen LogP contribution in [0.5, 0.6) is 0 Å². The van der Waals surface area contributed by atoms with Gasteiger partial charge in [0.25, 0.3) is 11.1 Å². The van der Waals surface area contributed by atoms with E-state index in [0.717, 1.165) is 11.1 Å². The number of aromatic amines is 2. The minimum atomic E-state index is -0.309. The fourth-order valence-corrected chi connectivity index (χ4v) is 3.45. The van der Waals surface area contributed by atoms with Crippen molar-refractivity contribution in [2.24, 2.45) is 0 Å². The van der Waals surface area contributed by atoms with E-state index in [1.807, 2.05) is 60.7 Å². The van der Waals surface area contributed by atoms with Crippen LogP contribution in [0.3, 0.4) is 0 Å². The van der Waals surface area contributed by atoms with Crippen molar-refractivity contribution in [3.8, 4) is 22.5 Å². The van der Waals surface area contributed by atoms with Gasteiger partial charge in [0.05, 0.1) is 22.2 Å². The zero-order chi connectivity index (χ0) is 19.1. The largest absolute Gasteiger partial charge is 0.272 e. The molecule has 6 nitrogen and oxygen atoms in total. The Morgan fingerprint density at radius 2 is 0.929 bits per heavy atom. The fraction of sp³-hybridized carbons (Fsp3) is 0. The molecule has 28 heavy (non-hydrogen) atoms. The summed E-state index contributed by atoms with van der Waals surface area (Å²) < 4.78 is 0. The summed E-state index contributed by atoms with van der Waals surface area (Å²) in [5.41, 5.74) is 2.34. The summed E-state index contributed by atoms with van der Waals surface area (Å²) in [7, 11) is 0. The predicted molar refractivity (Wildman–Crippen MR) is 109 cm³/mol. The van der Waals surface area contributed by atoms with E-state index in [1.54, 1.807) is 12.1 Å². The van der Waals surface area contributed by atoms with Gasteiger partial charge in [-0.15, -0.1) is 0 Å². The lowest BCUT2D eigenvalue weighted by atomic mass is 9.99. The lowest BCUT2D eigenvalue weighted by Crippen LogP contribution is -2.13. The van der Waals surface area contributed by atoms with E-state index >= 15 is 0 Å². The van der Waals surface area contributed by atoms with Crippen LogP contribution in [0.2, 0.25) is 0 Å². The Labute approximate surface area is 158 Å². The smallest absolute Gasteiger partial charge is 0.267 e. The molecule has 6 heteroatoms. The molecule has 0 radical (unpaired) electrons. The van der Waals surface area contributed by atoms with Crippen molar-refractivity contribution in [2.75, 3.05) is 0 Å². The first-order chi connectivity index (χ1) is 13.7. The van der Waals surface area contributed by atoms with Crippen LogP contribution in [0.15, 0.2) is 82.4 Å². The zero-order valence-corrected chi connectivity index (χ0v) is 14.6. The average Bonchev–Trinajstić information content (AvgIpc) is 2.75. The zero-order valence-electron chi connectivity index (χ0n) is 14.6. The Kier molecular flexibility index (Phi) is 3.62. The second-order valence-corrected chi connectivity index (χ2v) is 6.48. The molecule has 5 aromatic rings. The maximum atomic E-state index is 12.5. The predicted octanol–water partition coefficient (Wildman–Crippen LogP) is 3.49. The van der Waals surface area contributed by atoms with Crippen molar-refractivity contribution in [1.82, 2.24) is 20.4 Å². The van der Waals surface area contributed by atoms with Gasteiger partial charge in [-0.25, -0.2) is 10.2 Å². The molecule has 0 aliphatic carbocycles.